The lowest BCUT2D eigenvalue weighted by Crippen LogP contribution is -2.47. The number of nitrogens with zero attached hydrogens (tertiary/aromatic N) is 1. The third kappa shape index (κ3) is 4.40. The van der Waals surface area contributed by atoms with Gasteiger partial charge in [-0.25, -0.2) is 9.59 Å². The molecule has 3 amide bonds. The molecule has 132 valence electrons. The van der Waals surface area contributed by atoms with E-state index in [-0.39, 0.29) is 18.2 Å². The zero-order valence-corrected chi connectivity index (χ0v) is 14.7. The van der Waals surface area contributed by atoms with E-state index in [4.69, 9.17) is 4.74 Å². The SMILES string of the molecule is CCc1cccc(CC)c1NC(=O)NC1CCN(C(=O)OC)CC1. The van der Waals surface area contributed by atoms with Crippen LogP contribution in [0.3, 0.4) is 0 Å². The van der Waals surface area contributed by atoms with Gasteiger partial charge in [0.05, 0.1) is 7.11 Å². The molecule has 0 atom stereocenters. The van der Waals surface area contributed by atoms with E-state index in [2.05, 4.69) is 24.5 Å². The maximum Gasteiger partial charge on any atom is 0.409 e. The predicted octanol–water partition coefficient (Wildman–Crippen LogP) is 3.16. The van der Waals surface area contributed by atoms with Crippen molar-refractivity contribution in [2.75, 3.05) is 25.5 Å². The van der Waals surface area contributed by atoms with E-state index >= 15 is 0 Å². The molecule has 1 fully saturated rings. The average molecular weight is 333 g/mol. The van der Waals surface area contributed by atoms with Gasteiger partial charge in [0.25, 0.3) is 0 Å². The van der Waals surface area contributed by atoms with Gasteiger partial charge >= 0.3 is 12.1 Å². The highest BCUT2D eigenvalue weighted by atomic mass is 16.5. The normalized spacial score (nSPS) is 15.0. The van der Waals surface area contributed by atoms with Crippen LogP contribution in [0.25, 0.3) is 0 Å². The molecule has 2 rings (SSSR count). The topological polar surface area (TPSA) is 70.7 Å². The lowest BCUT2D eigenvalue weighted by molar-refractivity contribution is 0.110. The molecule has 24 heavy (non-hydrogen) atoms. The van der Waals surface area contributed by atoms with Crippen LogP contribution in [0.2, 0.25) is 0 Å². The van der Waals surface area contributed by atoms with Gasteiger partial charge in [0.2, 0.25) is 0 Å². The molecule has 6 heteroatoms. The second-order valence-corrected chi connectivity index (χ2v) is 5.99. The van der Waals surface area contributed by atoms with Gasteiger partial charge in [-0.05, 0) is 36.8 Å². The Bertz CT molecular complexity index is 559. The fourth-order valence-electron chi connectivity index (χ4n) is 3.07. The van der Waals surface area contributed by atoms with E-state index in [9.17, 15) is 9.59 Å². The monoisotopic (exact) mass is 333 g/mol. The molecule has 1 saturated heterocycles. The second-order valence-electron chi connectivity index (χ2n) is 5.99. The summed E-state index contributed by atoms with van der Waals surface area (Å²) in [6.45, 7) is 5.37. The van der Waals surface area contributed by atoms with Gasteiger partial charge in [0.1, 0.15) is 0 Å². The Kier molecular flexibility index (Phi) is 6.46. The van der Waals surface area contributed by atoms with Crippen molar-refractivity contribution in [2.24, 2.45) is 0 Å². The number of hydrogen-bond donors (Lipinski definition) is 2. The van der Waals surface area contributed by atoms with Crippen LogP contribution in [0.4, 0.5) is 15.3 Å². The van der Waals surface area contributed by atoms with Crippen molar-refractivity contribution in [3.63, 3.8) is 0 Å². The highest BCUT2D eigenvalue weighted by Gasteiger charge is 2.24. The third-order valence-electron chi connectivity index (χ3n) is 4.50. The lowest BCUT2D eigenvalue weighted by Gasteiger charge is -2.31. The predicted molar refractivity (Wildman–Crippen MR) is 94.4 cm³/mol. The number of carbonyl (C=O) groups excluding carboxylic acids is 2. The molecule has 0 radical (unpaired) electrons. The first-order valence-electron chi connectivity index (χ1n) is 8.60. The molecule has 0 aliphatic carbocycles. The average Bonchev–Trinajstić information content (AvgIpc) is 2.61. The summed E-state index contributed by atoms with van der Waals surface area (Å²) in [5, 5.41) is 6.04. The molecular weight excluding hydrogens is 306 g/mol. The van der Waals surface area contributed by atoms with Crippen LogP contribution in [0.15, 0.2) is 18.2 Å². The first-order chi connectivity index (χ1) is 11.6. The van der Waals surface area contributed by atoms with E-state index in [1.165, 1.54) is 7.11 Å². The van der Waals surface area contributed by atoms with E-state index in [1.807, 2.05) is 18.2 Å². The summed E-state index contributed by atoms with van der Waals surface area (Å²) in [5.74, 6) is 0. The minimum atomic E-state index is -0.303. The quantitative estimate of drug-likeness (QED) is 0.889. The van der Waals surface area contributed by atoms with Crippen molar-refractivity contribution in [2.45, 2.75) is 45.6 Å². The number of rotatable bonds is 4. The van der Waals surface area contributed by atoms with Gasteiger partial charge in [-0.1, -0.05) is 32.0 Å². The summed E-state index contributed by atoms with van der Waals surface area (Å²) in [6, 6.07) is 6.02. The summed E-state index contributed by atoms with van der Waals surface area (Å²) in [4.78, 5) is 25.5. The van der Waals surface area contributed by atoms with Gasteiger partial charge in [-0.3, -0.25) is 0 Å². The maximum absolute atomic E-state index is 12.4. The van der Waals surface area contributed by atoms with E-state index in [0.717, 1.165) is 42.5 Å². The van der Waals surface area contributed by atoms with Gasteiger partial charge in [-0.15, -0.1) is 0 Å². The van der Waals surface area contributed by atoms with Crippen molar-refractivity contribution in [3.05, 3.63) is 29.3 Å². The highest BCUT2D eigenvalue weighted by molar-refractivity contribution is 5.91. The highest BCUT2D eigenvalue weighted by Crippen LogP contribution is 2.22. The molecule has 1 aromatic carbocycles. The van der Waals surface area contributed by atoms with E-state index in [1.54, 1.807) is 4.90 Å². The zero-order chi connectivity index (χ0) is 17.5. The molecule has 1 aromatic rings. The van der Waals surface area contributed by atoms with Crippen LogP contribution in [-0.2, 0) is 17.6 Å². The van der Waals surface area contributed by atoms with Crippen LogP contribution >= 0.6 is 0 Å². The summed E-state index contributed by atoms with van der Waals surface area (Å²) in [6.07, 6.45) is 2.92. The number of para-hydroxylation sites is 1. The lowest BCUT2D eigenvalue weighted by atomic mass is 10.0. The Balaban J connectivity index is 1.92. The number of benzene rings is 1. The number of urea groups is 1. The molecule has 1 aliphatic heterocycles. The van der Waals surface area contributed by atoms with Crippen LogP contribution in [0.5, 0.6) is 0 Å². The van der Waals surface area contributed by atoms with Crippen molar-refractivity contribution in [1.82, 2.24) is 10.2 Å². The number of amides is 3. The smallest absolute Gasteiger partial charge is 0.409 e. The first kappa shape index (κ1) is 18.1. The summed E-state index contributed by atoms with van der Waals surface area (Å²) in [5.41, 5.74) is 3.21. The van der Waals surface area contributed by atoms with Crippen molar-refractivity contribution in [3.8, 4) is 0 Å². The fraction of sp³-hybridized carbons (Fsp3) is 0.556. The van der Waals surface area contributed by atoms with Crippen molar-refractivity contribution < 1.29 is 14.3 Å². The number of piperidine rings is 1. The molecule has 0 unspecified atom stereocenters. The molecule has 2 N–H and O–H groups in total. The van der Waals surface area contributed by atoms with Crippen LogP contribution in [0, 0.1) is 0 Å². The molecular formula is C18H27N3O3. The first-order valence-corrected chi connectivity index (χ1v) is 8.60. The summed E-state index contributed by atoms with van der Waals surface area (Å²) in [7, 11) is 1.39. The Morgan fingerprint density at radius 2 is 1.75 bits per heavy atom. The zero-order valence-electron chi connectivity index (χ0n) is 14.7. The van der Waals surface area contributed by atoms with Crippen LogP contribution < -0.4 is 10.6 Å². The number of ether oxygens (including phenoxy) is 1. The number of aryl methyl sites for hydroxylation is 2. The standard InChI is InChI=1S/C18H27N3O3/c1-4-13-7-6-8-14(5-2)16(13)20-17(22)19-15-9-11-21(12-10-15)18(23)24-3/h6-8,15H,4-5,9-12H2,1-3H3,(H2,19,20,22). The Morgan fingerprint density at radius 1 is 1.17 bits per heavy atom. The van der Waals surface area contributed by atoms with Gasteiger partial charge in [0, 0.05) is 24.8 Å². The van der Waals surface area contributed by atoms with Crippen molar-refractivity contribution in [1.29, 1.82) is 0 Å². The number of hydrogen-bond acceptors (Lipinski definition) is 3. The molecule has 0 aromatic heterocycles. The van der Waals surface area contributed by atoms with E-state index < -0.39 is 0 Å². The molecule has 0 bridgehead atoms. The van der Waals surface area contributed by atoms with Crippen LogP contribution in [0.1, 0.15) is 37.8 Å². The third-order valence-corrected chi connectivity index (χ3v) is 4.50. The molecule has 1 heterocycles. The fourth-order valence-corrected chi connectivity index (χ4v) is 3.07. The summed E-state index contributed by atoms with van der Waals surface area (Å²) >= 11 is 0. The number of likely N-dealkylation sites (tertiary alicyclic amines) is 1. The van der Waals surface area contributed by atoms with Crippen molar-refractivity contribution >= 4 is 17.8 Å². The molecule has 6 nitrogen and oxygen atoms in total. The minimum Gasteiger partial charge on any atom is -0.453 e. The van der Waals surface area contributed by atoms with E-state index in [0.29, 0.717) is 13.1 Å². The van der Waals surface area contributed by atoms with Gasteiger partial charge in [-0.2, -0.15) is 0 Å². The largest absolute Gasteiger partial charge is 0.453 e. The molecule has 0 saturated carbocycles. The maximum atomic E-state index is 12.4. The number of nitrogens with one attached hydrogen (secondary N) is 2. The Hall–Kier alpha value is -2.24. The Morgan fingerprint density at radius 3 is 2.25 bits per heavy atom. The molecule has 0 spiro atoms. The number of carbonyl (C=O) groups is 2. The summed E-state index contributed by atoms with van der Waals surface area (Å²) < 4.78 is 4.72. The number of anilines is 1. The number of methoxy groups -OCH3 is 1. The molecule has 1 aliphatic rings. The van der Waals surface area contributed by atoms with Gasteiger partial charge in [0.15, 0.2) is 0 Å². The Labute approximate surface area is 143 Å². The van der Waals surface area contributed by atoms with Gasteiger partial charge < -0.3 is 20.3 Å². The minimum absolute atomic E-state index is 0.0739. The second kappa shape index (κ2) is 8.57. The van der Waals surface area contributed by atoms with Crippen LogP contribution in [-0.4, -0.2) is 43.3 Å².